The SMILES string of the molecule is O=C(NC1CCCSC1)N(CC(O)c1ccc(F)cc1)C1CC1. The molecule has 2 unspecified atom stereocenters. The minimum absolute atomic E-state index is 0.0823. The number of nitrogens with one attached hydrogen (secondary N) is 1. The van der Waals surface area contributed by atoms with Crippen molar-refractivity contribution >= 4 is 17.8 Å². The lowest BCUT2D eigenvalue weighted by Crippen LogP contribution is -2.48. The van der Waals surface area contributed by atoms with E-state index in [0.717, 1.165) is 31.4 Å². The van der Waals surface area contributed by atoms with Crippen molar-refractivity contribution in [2.45, 2.75) is 43.9 Å². The van der Waals surface area contributed by atoms with Crippen LogP contribution in [0.25, 0.3) is 0 Å². The highest BCUT2D eigenvalue weighted by molar-refractivity contribution is 7.99. The third-order valence-electron chi connectivity index (χ3n) is 4.36. The molecule has 0 aromatic heterocycles. The number of thioether (sulfide) groups is 1. The number of hydrogen-bond donors (Lipinski definition) is 2. The molecule has 2 fully saturated rings. The Bertz CT molecular complexity index is 530. The number of rotatable bonds is 5. The van der Waals surface area contributed by atoms with Gasteiger partial charge in [-0.2, -0.15) is 11.8 Å². The second kappa shape index (κ2) is 7.53. The van der Waals surface area contributed by atoms with Crippen LogP contribution < -0.4 is 5.32 Å². The molecule has 1 aliphatic carbocycles. The average Bonchev–Trinajstić information content (AvgIpc) is 3.38. The Morgan fingerprint density at radius 3 is 2.70 bits per heavy atom. The Morgan fingerprint density at radius 2 is 2.09 bits per heavy atom. The summed E-state index contributed by atoms with van der Waals surface area (Å²) in [4.78, 5) is 14.3. The Morgan fingerprint density at radius 1 is 1.35 bits per heavy atom. The highest BCUT2D eigenvalue weighted by Gasteiger charge is 2.34. The van der Waals surface area contributed by atoms with Crippen LogP contribution in [0.4, 0.5) is 9.18 Å². The van der Waals surface area contributed by atoms with E-state index in [-0.39, 0.29) is 30.5 Å². The standard InChI is InChI=1S/C17H23FN2O2S/c18-13-5-3-12(4-6-13)16(21)10-20(15-7-8-15)17(22)19-14-2-1-9-23-11-14/h3-6,14-16,21H,1-2,7-11H2,(H,19,22). The predicted molar refractivity (Wildman–Crippen MR) is 90.0 cm³/mol. The number of aliphatic hydroxyl groups is 1. The summed E-state index contributed by atoms with van der Waals surface area (Å²) in [5, 5.41) is 13.5. The van der Waals surface area contributed by atoms with Gasteiger partial charge in [0.1, 0.15) is 5.82 Å². The fraction of sp³-hybridized carbons (Fsp3) is 0.588. The number of amides is 2. The van der Waals surface area contributed by atoms with Crippen molar-refractivity contribution in [2.75, 3.05) is 18.1 Å². The van der Waals surface area contributed by atoms with Crippen LogP contribution in [-0.4, -0.2) is 46.2 Å². The van der Waals surface area contributed by atoms with Crippen LogP contribution in [0.15, 0.2) is 24.3 Å². The number of urea groups is 1. The maximum atomic E-state index is 13.0. The van der Waals surface area contributed by atoms with Gasteiger partial charge in [-0.1, -0.05) is 12.1 Å². The monoisotopic (exact) mass is 338 g/mol. The highest BCUT2D eigenvalue weighted by Crippen LogP contribution is 2.29. The number of carbonyl (C=O) groups excluding carboxylic acids is 1. The molecule has 2 atom stereocenters. The summed E-state index contributed by atoms with van der Waals surface area (Å²) in [6, 6.07) is 6.17. The lowest BCUT2D eigenvalue weighted by atomic mass is 10.1. The molecule has 1 aliphatic heterocycles. The first-order chi connectivity index (χ1) is 11.1. The molecule has 2 amide bonds. The van der Waals surface area contributed by atoms with Crippen LogP contribution in [0.1, 0.15) is 37.4 Å². The summed E-state index contributed by atoms with van der Waals surface area (Å²) in [6.07, 6.45) is 3.35. The minimum Gasteiger partial charge on any atom is -0.387 e. The summed E-state index contributed by atoms with van der Waals surface area (Å²) >= 11 is 1.87. The van der Waals surface area contributed by atoms with E-state index in [0.29, 0.717) is 5.56 Å². The van der Waals surface area contributed by atoms with Crippen molar-refractivity contribution in [1.82, 2.24) is 10.2 Å². The van der Waals surface area contributed by atoms with Gasteiger partial charge in [0, 0.05) is 17.8 Å². The van der Waals surface area contributed by atoms with Gasteiger partial charge in [-0.05, 0) is 49.1 Å². The summed E-state index contributed by atoms with van der Waals surface area (Å²) in [5.41, 5.74) is 0.637. The van der Waals surface area contributed by atoms with E-state index in [1.807, 2.05) is 11.8 Å². The Kier molecular flexibility index (Phi) is 5.43. The van der Waals surface area contributed by atoms with Crippen LogP contribution in [0.3, 0.4) is 0 Å². The van der Waals surface area contributed by atoms with Gasteiger partial charge >= 0.3 is 6.03 Å². The third-order valence-corrected chi connectivity index (χ3v) is 5.58. The normalized spacial score (nSPS) is 22.4. The molecule has 4 nitrogen and oxygen atoms in total. The molecular weight excluding hydrogens is 315 g/mol. The maximum absolute atomic E-state index is 13.0. The fourth-order valence-corrected chi connectivity index (χ4v) is 3.94. The molecule has 0 spiro atoms. The minimum atomic E-state index is -0.789. The molecule has 2 aliphatic rings. The smallest absolute Gasteiger partial charge is 0.317 e. The Balaban J connectivity index is 1.59. The molecule has 126 valence electrons. The molecule has 1 saturated carbocycles. The van der Waals surface area contributed by atoms with Crippen LogP contribution in [-0.2, 0) is 0 Å². The first kappa shape index (κ1) is 16.6. The number of halogens is 1. The van der Waals surface area contributed by atoms with E-state index in [1.165, 1.54) is 17.9 Å². The summed E-state index contributed by atoms with van der Waals surface area (Å²) in [6.45, 7) is 0.252. The zero-order valence-corrected chi connectivity index (χ0v) is 13.9. The van der Waals surface area contributed by atoms with Crippen molar-refractivity contribution < 1.29 is 14.3 Å². The van der Waals surface area contributed by atoms with Gasteiger partial charge in [0.05, 0.1) is 12.6 Å². The zero-order chi connectivity index (χ0) is 16.2. The molecule has 1 heterocycles. The predicted octanol–water partition coefficient (Wildman–Crippen LogP) is 2.93. The lowest BCUT2D eigenvalue weighted by Gasteiger charge is -2.29. The maximum Gasteiger partial charge on any atom is 0.317 e. The zero-order valence-electron chi connectivity index (χ0n) is 13.1. The third kappa shape index (κ3) is 4.61. The van der Waals surface area contributed by atoms with Crippen LogP contribution in [0.2, 0.25) is 0 Å². The van der Waals surface area contributed by atoms with Gasteiger partial charge < -0.3 is 15.3 Å². The first-order valence-electron chi connectivity index (χ1n) is 8.22. The summed E-state index contributed by atoms with van der Waals surface area (Å²) < 4.78 is 13.0. The number of aliphatic hydroxyl groups excluding tert-OH is 1. The van der Waals surface area contributed by atoms with Gasteiger partial charge in [-0.3, -0.25) is 0 Å². The highest BCUT2D eigenvalue weighted by atomic mass is 32.2. The van der Waals surface area contributed by atoms with Gasteiger partial charge in [0.2, 0.25) is 0 Å². The van der Waals surface area contributed by atoms with Crippen LogP contribution in [0.5, 0.6) is 0 Å². The molecule has 1 aromatic carbocycles. The van der Waals surface area contributed by atoms with Crippen molar-refractivity contribution in [1.29, 1.82) is 0 Å². The van der Waals surface area contributed by atoms with E-state index in [1.54, 1.807) is 17.0 Å². The molecule has 0 bridgehead atoms. The average molecular weight is 338 g/mol. The Hall–Kier alpha value is -1.27. The molecule has 23 heavy (non-hydrogen) atoms. The first-order valence-corrected chi connectivity index (χ1v) is 9.37. The van der Waals surface area contributed by atoms with Crippen molar-refractivity contribution in [3.05, 3.63) is 35.6 Å². The lowest BCUT2D eigenvalue weighted by molar-refractivity contribution is 0.116. The van der Waals surface area contributed by atoms with E-state index >= 15 is 0 Å². The fourth-order valence-electron chi connectivity index (χ4n) is 2.87. The number of benzene rings is 1. The van der Waals surface area contributed by atoms with E-state index in [9.17, 15) is 14.3 Å². The van der Waals surface area contributed by atoms with E-state index < -0.39 is 6.10 Å². The second-order valence-corrected chi connectivity index (χ2v) is 7.46. The molecule has 0 radical (unpaired) electrons. The van der Waals surface area contributed by atoms with Gasteiger partial charge in [0.25, 0.3) is 0 Å². The molecular formula is C17H23FN2O2S. The molecule has 6 heteroatoms. The van der Waals surface area contributed by atoms with Gasteiger partial charge in [-0.25, -0.2) is 9.18 Å². The van der Waals surface area contributed by atoms with E-state index in [2.05, 4.69) is 5.32 Å². The molecule has 1 aromatic rings. The Labute approximate surface area is 140 Å². The van der Waals surface area contributed by atoms with Gasteiger partial charge in [0.15, 0.2) is 0 Å². The quantitative estimate of drug-likeness (QED) is 0.868. The summed E-state index contributed by atoms with van der Waals surface area (Å²) in [7, 11) is 0. The number of carbonyl (C=O) groups is 1. The van der Waals surface area contributed by atoms with Crippen molar-refractivity contribution in [3.8, 4) is 0 Å². The van der Waals surface area contributed by atoms with Crippen LogP contribution >= 0.6 is 11.8 Å². The number of hydrogen-bond acceptors (Lipinski definition) is 3. The largest absolute Gasteiger partial charge is 0.387 e. The molecule has 1 saturated heterocycles. The number of nitrogens with zero attached hydrogens (tertiary/aromatic N) is 1. The van der Waals surface area contributed by atoms with Crippen LogP contribution in [0, 0.1) is 5.82 Å². The molecule has 3 rings (SSSR count). The molecule has 2 N–H and O–H groups in total. The second-order valence-electron chi connectivity index (χ2n) is 6.31. The van der Waals surface area contributed by atoms with Crippen molar-refractivity contribution in [3.63, 3.8) is 0 Å². The van der Waals surface area contributed by atoms with Crippen molar-refractivity contribution in [2.24, 2.45) is 0 Å². The summed E-state index contributed by atoms with van der Waals surface area (Å²) in [5.74, 6) is 1.81. The van der Waals surface area contributed by atoms with Gasteiger partial charge in [-0.15, -0.1) is 0 Å². The van der Waals surface area contributed by atoms with E-state index in [4.69, 9.17) is 0 Å². The topological polar surface area (TPSA) is 52.6 Å².